The van der Waals surface area contributed by atoms with Crippen molar-refractivity contribution in [3.05, 3.63) is 0 Å². The van der Waals surface area contributed by atoms with Crippen LogP contribution in [0.3, 0.4) is 0 Å². The molecule has 0 aliphatic rings. The predicted molar refractivity (Wildman–Crippen MR) is 30.8 cm³/mol. The summed E-state index contributed by atoms with van der Waals surface area (Å²) in [5, 5.41) is 1.26. The molecule has 0 atom stereocenters. The van der Waals surface area contributed by atoms with Gasteiger partial charge < -0.3 is 0 Å². The summed E-state index contributed by atoms with van der Waals surface area (Å²) in [5.41, 5.74) is 0. The molecule has 0 nitrogen and oxygen atoms in total. The molecule has 0 aromatic heterocycles. The van der Waals surface area contributed by atoms with E-state index in [1.807, 2.05) is 0 Å². The third-order valence-corrected chi connectivity index (χ3v) is 1.16. The van der Waals surface area contributed by atoms with Crippen LogP contribution < -0.4 is 0 Å². The Balaban J connectivity index is 0. The molecule has 2 heteroatoms. The smallest absolute Gasteiger partial charge is 0.316 e. The van der Waals surface area contributed by atoms with Gasteiger partial charge in [-0.2, -0.15) is 0 Å². The first-order valence-electron chi connectivity index (χ1n) is 1.52. The van der Waals surface area contributed by atoms with Crippen LogP contribution >= 0.6 is 0 Å². The van der Waals surface area contributed by atoms with Gasteiger partial charge in [-0.05, 0) is 0 Å². The standard InChI is InChI=1S/C3H8Se.Mg.2H/c1-2-3-4;;;/h4H,2-3H2,1H3;;;. The van der Waals surface area contributed by atoms with Crippen LogP contribution in [0.1, 0.15) is 13.3 Å². The Kier molecular flexibility index (Phi) is 17.2. The van der Waals surface area contributed by atoms with E-state index in [-0.39, 0.29) is 23.1 Å². The van der Waals surface area contributed by atoms with Crippen molar-refractivity contribution in [3.8, 4) is 0 Å². The Morgan fingerprint density at radius 3 is 1.80 bits per heavy atom. The number of rotatable bonds is 1. The van der Waals surface area contributed by atoms with Crippen LogP contribution in [0.15, 0.2) is 0 Å². The summed E-state index contributed by atoms with van der Waals surface area (Å²) in [6.07, 6.45) is 1.29. The molecule has 0 unspecified atom stereocenters. The van der Waals surface area contributed by atoms with E-state index in [2.05, 4.69) is 22.9 Å². The van der Waals surface area contributed by atoms with Crippen molar-refractivity contribution in [2.75, 3.05) is 0 Å². The monoisotopic (exact) mass is 150 g/mol. The van der Waals surface area contributed by atoms with E-state index in [4.69, 9.17) is 0 Å². The van der Waals surface area contributed by atoms with E-state index in [0.717, 1.165) is 0 Å². The van der Waals surface area contributed by atoms with Crippen LogP contribution in [0.4, 0.5) is 0 Å². The maximum absolute atomic E-state index is 2.54. The molecule has 0 N–H and O–H groups in total. The molecule has 5 heavy (non-hydrogen) atoms. The number of hydrogen-bond acceptors (Lipinski definition) is 0. The van der Waals surface area contributed by atoms with Crippen LogP contribution in [0.5, 0.6) is 0 Å². The predicted octanol–water partition coefficient (Wildman–Crippen LogP) is -0.201. The van der Waals surface area contributed by atoms with Gasteiger partial charge in [0.1, 0.15) is 0 Å². The Labute approximate surface area is 57.7 Å². The first-order chi connectivity index (χ1) is 1.91. The molecule has 0 spiro atoms. The van der Waals surface area contributed by atoms with Crippen molar-refractivity contribution < 1.29 is 0 Å². The fourth-order valence-corrected chi connectivity index (χ4v) is 0. The maximum Gasteiger partial charge on any atom is 0.316 e. The fourth-order valence-electron chi connectivity index (χ4n) is 0. The molecule has 0 fully saturated rings. The Hall–Kier alpha value is 1.29. The van der Waals surface area contributed by atoms with Crippen LogP contribution in [0.2, 0.25) is 5.32 Å². The van der Waals surface area contributed by atoms with E-state index in [1.165, 1.54) is 11.7 Å². The minimum atomic E-state index is 0. The van der Waals surface area contributed by atoms with Gasteiger partial charge in [-0.3, -0.25) is 0 Å². The summed E-state index contributed by atoms with van der Waals surface area (Å²) in [7, 11) is 0. The Morgan fingerprint density at radius 2 is 1.80 bits per heavy atom. The molecule has 0 radical (unpaired) electrons. The second-order valence-electron chi connectivity index (χ2n) is 0.724. The summed E-state index contributed by atoms with van der Waals surface area (Å²) in [6, 6.07) is 0. The van der Waals surface area contributed by atoms with Gasteiger partial charge in [0.25, 0.3) is 0 Å². The van der Waals surface area contributed by atoms with Gasteiger partial charge >= 0.3 is 57.7 Å². The van der Waals surface area contributed by atoms with Gasteiger partial charge in [-0.1, -0.05) is 0 Å². The van der Waals surface area contributed by atoms with Crippen molar-refractivity contribution >= 4 is 39.1 Å². The molecule has 0 aromatic carbocycles. The zero-order chi connectivity index (χ0) is 3.41. The molecule has 0 aliphatic carbocycles. The third kappa shape index (κ3) is 10.9. The van der Waals surface area contributed by atoms with Crippen LogP contribution in [0.25, 0.3) is 0 Å². The molecule has 0 bridgehead atoms. The second kappa shape index (κ2) is 8.99. The molecule has 0 saturated carbocycles. The van der Waals surface area contributed by atoms with E-state index < -0.39 is 0 Å². The normalized spacial score (nSPS) is 6.00. The zero-order valence-corrected chi connectivity index (χ0v) is 4.74. The second-order valence-corrected chi connectivity index (χ2v) is 1.66. The summed E-state index contributed by atoms with van der Waals surface area (Å²) in [4.78, 5) is 0. The Morgan fingerprint density at radius 1 is 1.60 bits per heavy atom. The molecule has 0 aromatic rings. The average Bonchev–Trinajstić information content (AvgIpc) is 1.37. The quantitative estimate of drug-likeness (QED) is 0.453. The summed E-state index contributed by atoms with van der Waals surface area (Å²) in [6.45, 7) is 2.16. The van der Waals surface area contributed by atoms with E-state index in [1.54, 1.807) is 0 Å². The van der Waals surface area contributed by atoms with Crippen molar-refractivity contribution in [2.45, 2.75) is 18.7 Å². The van der Waals surface area contributed by atoms with Crippen LogP contribution in [0, 0.1) is 0 Å². The summed E-state index contributed by atoms with van der Waals surface area (Å²) >= 11 is 2.54. The first-order valence-corrected chi connectivity index (χ1v) is 2.85. The minimum absolute atomic E-state index is 0. The van der Waals surface area contributed by atoms with Crippen LogP contribution in [-0.2, 0) is 0 Å². The Bertz CT molecular complexity index is 8.85. The average molecular weight is 149 g/mol. The topological polar surface area (TPSA) is 0 Å². The van der Waals surface area contributed by atoms with Crippen molar-refractivity contribution in [1.82, 2.24) is 0 Å². The van der Waals surface area contributed by atoms with Gasteiger partial charge in [0.15, 0.2) is 0 Å². The van der Waals surface area contributed by atoms with E-state index >= 15 is 0 Å². The van der Waals surface area contributed by atoms with Crippen LogP contribution in [-0.4, -0.2) is 39.1 Å². The summed E-state index contributed by atoms with van der Waals surface area (Å²) < 4.78 is 0. The molecule has 0 rings (SSSR count). The molecule has 0 aliphatic heterocycles. The molecule has 0 amide bonds. The molecular weight excluding hydrogens is 139 g/mol. The van der Waals surface area contributed by atoms with E-state index in [9.17, 15) is 0 Å². The molecular formula is C3H10MgSe. The first kappa shape index (κ1) is 9.56. The van der Waals surface area contributed by atoms with Gasteiger partial charge in [0.05, 0.1) is 0 Å². The molecule has 30 valence electrons. The van der Waals surface area contributed by atoms with Crippen molar-refractivity contribution in [3.63, 3.8) is 0 Å². The maximum atomic E-state index is 2.54. The summed E-state index contributed by atoms with van der Waals surface area (Å²) in [5.74, 6) is 0. The van der Waals surface area contributed by atoms with Gasteiger partial charge in [0, 0.05) is 0 Å². The minimum Gasteiger partial charge on any atom is 0.316 e. The van der Waals surface area contributed by atoms with Gasteiger partial charge in [-0.25, -0.2) is 0 Å². The number of hydrogen-bond donors (Lipinski definition) is 0. The van der Waals surface area contributed by atoms with Gasteiger partial charge in [0.2, 0.25) is 0 Å². The third-order valence-electron chi connectivity index (χ3n) is 0.224. The SMILES string of the molecule is CCC[SeH].[MgH2]. The zero-order valence-electron chi connectivity index (χ0n) is 2.86. The molecule has 0 heterocycles. The van der Waals surface area contributed by atoms with E-state index in [0.29, 0.717) is 0 Å². The largest absolute Gasteiger partial charge is 0.316 e. The fraction of sp³-hybridized carbons (Fsp3) is 1.00. The van der Waals surface area contributed by atoms with Crippen molar-refractivity contribution in [1.29, 1.82) is 0 Å². The van der Waals surface area contributed by atoms with Crippen molar-refractivity contribution in [2.24, 2.45) is 0 Å². The molecule has 0 saturated heterocycles. The van der Waals surface area contributed by atoms with Gasteiger partial charge in [-0.15, -0.1) is 0 Å².